The maximum atomic E-state index is 12.9. The van der Waals surface area contributed by atoms with Gasteiger partial charge in [0.1, 0.15) is 0 Å². The molecule has 2 aliphatic rings. The summed E-state index contributed by atoms with van der Waals surface area (Å²) in [6, 6.07) is 0.593. The van der Waals surface area contributed by atoms with Crippen LogP contribution in [-0.2, 0) is 4.79 Å². The zero-order valence-corrected chi connectivity index (χ0v) is 13.8. The number of rotatable bonds is 2. The summed E-state index contributed by atoms with van der Waals surface area (Å²) in [4.78, 5) is 17.4. The Morgan fingerprint density at radius 1 is 1.00 bits per heavy atom. The fraction of sp³-hybridized carbons (Fsp3) is 0.941. The van der Waals surface area contributed by atoms with Gasteiger partial charge in [0, 0.05) is 18.6 Å². The summed E-state index contributed by atoms with van der Waals surface area (Å²) in [5, 5.41) is 0. The second kappa shape index (κ2) is 6.46. The largest absolute Gasteiger partial charge is 0.341 e. The van der Waals surface area contributed by atoms with Crippen molar-refractivity contribution in [3.05, 3.63) is 0 Å². The van der Waals surface area contributed by atoms with Crippen LogP contribution >= 0.6 is 0 Å². The summed E-state index contributed by atoms with van der Waals surface area (Å²) in [5.74, 6) is 0.367. The fourth-order valence-electron chi connectivity index (χ4n) is 3.87. The summed E-state index contributed by atoms with van der Waals surface area (Å²) in [5.41, 5.74) is 0.0914. The molecule has 0 aromatic heterocycles. The summed E-state index contributed by atoms with van der Waals surface area (Å²) in [6.45, 7) is 7.77. The number of carbonyl (C=O) groups excluding carboxylic acids is 1. The zero-order chi connectivity index (χ0) is 14.8. The maximum Gasteiger partial charge on any atom is 0.239 e. The van der Waals surface area contributed by atoms with Gasteiger partial charge in [-0.25, -0.2) is 0 Å². The molecule has 0 bridgehead atoms. The minimum absolute atomic E-state index is 0.0914. The molecule has 2 rings (SSSR count). The van der Waals surface area contributed by atoms with E-state index in [0.717, 1.165) is 13.0 Å². The van der Waals surface area contributed by atoms with Crippen LogP contribution in [0.2, 0.25) is 0 Å². The van der Waals surface area contributed by atoms with Crippen molar-refractivity contribution in [2.24, 2.45) is 0 Å². The highest BCUT2D eigenvalue weighted by Crippen LogP contribution is 2.29. The molecule has 1 heterocycles. The van der Waals surface area contributed by atoms with Gasteiger partial charge in [0.25, 0.3) is 0 Å². The second-order valence-corrected chi connectivity index (χ2v) is 7.62. The number of hydrogen-bond acceptors (Lipinski definition) is 2. The predicted octanol–water partition coefficient (Wildman–Crippen LogP) is 3.43. The van der Waals surface area contributed by atoms with Gasteiger partial charge in [-0.05, 0) is 53.0 Å². The van der Waals surface area contributed by atoms with E-state index in [4.69, 9.17) is 0 Å². The van der Waals surface area contributed by atoms with Gasteiger partial charge in [-0.1, -0.05) is 25.7 Å². The molecule has 2 fully saturated rings. The number of likely N-dealkylation sites (tertiary alicyclic amines) is 1. The Hall–Kier alpha value is -0.570. The molecule has 1 aliphatic carbocycles. The van der Waals surface area contributed by atoms with E-state index >= 15 is 0 Å². The third-order valence-corrected chi connectivity index (χ3v) is 5.12. The van der Waals surface area contributed by atoms with Gasteiger partial charge in [-0.15, -0.1) is 0 Å². The van der Waals surface area contributed by atoms with Crippen molar-refractivity contribution in [3.63, 3.8) is 0 Å². The molecule has 1 atom stereocenters. The van der Waals surface area contributed by atoms with Crippen LogP contribution in [0.25, 0.3) is 0 Å². The minimum Gasteiger partial charge on any atom is -0.341 e. The smallest absolute Gasteiger partial charge is 0.239 e. The average molecular weight is 280 g/mol. The van der Waals surface area contributed by atoms with Crippen molar-refractivity contribution < 1.29 is 4.79 Å². The first-order valence-electron chi connectivity index (χ1n) is 8.44. The minimum atomic E-state index is 0.0914. The standard InChI is InChI=1S/C17H32N2O/c1-17(2,3)19-13-9-8-12-15(19)16(20)18(4)14-10-6-5-7-11-14/h14-15H,5-13H2,1-4H3. The van der Waals surface area contributed by atoms with Gasteiger partial charge >= 0.3 is 0 Å². The summed E-state index contributed by atoms with van der Waals surface area (Å²) < 4.78 is 0. The van der Waals surface area contributed by atoms with Crippen LogP contribution < -0.4 is 0 Å². The molecule has 0 N–H and O–H groups in total. The van der Waals surface area contributed by atoms with E-state index in [9.17, 15) is 4.79 Å². The Morgan fingerprint density at radius 2 is 1.60 bits per heavy atom. The van der Waals surface area contributed by atoms with Gasteiger partial charge in [-0.3, -0.25) is 9.69 Å². The molecule has 0 aromatic rings. The van der Waals surface area contributed by atoms with E-state index in [1.807, 2.05) is 7.05 Å². The van der Waals surface area contributed by atoms with Crippen molar-refractivity contribution in [3.8, 4) is 0 Å². The van der Waals surface area contributed by atoms with E-state index in [0.29, 0.717) is 11.9 Å². The van der Waals surface area contributed by atoms with Crippen molar-refractivity contribution in [2.75, 3.05) is 13.6 Å². The Labute approximate surface area is 124 Å². The van der Waals surface area contributed by atoms with E-state index in [-0.39, 0.29) is 11.6 Å². The van der Waals surface area contributed by atoms with Crippen LogP contribution in [0.5, 0.6) is 0 Å². The number of piperidine rings is 1. The fourth-order valence-corrected chi connectivity index (χ4v) is 3.87. The van der Waals surface area contributed by atoms with Crippen LogP contribution in [0, 0.1) is 0 Å². The lowest BCUT2D eigenvalue weighted by Crippen LogP contribution is -2.58. The van der Waals surface area contributed by atoms with Crippen LogP contribution in [0.1, 0.15) is 72.1 Å². The third kappa shape index (κ3) is 3.55. The molecule has 0 aromatic carbocycles. The van der Waals surface area contributed by atoms with Gasteiger partial charge in [0.15, 0.2) is 0 Å². The predicted molar refractivity (Wildman–Crippen MR) is 83.7 cm³/mol. The summed E-state index contributed by atoms with van der Waals surface area (Å²) >= 11 is 0. The zero-order valence-electron chi connectivity index (χ0n) is 13.8. The van der Waals surface area contributed by atoms with Gasteiger partial charge in [-0.2, -0.15) is 0 Å². The number of amides is 1. The molecule has 1 aliphatic heterocycles. The Kier molecular flexibility index (Phi) is 5.11. The Morgan fingerprint density at radius 3 is 2.20 bits per heavy atom. The highest BCUT2D eigenvalue weighted by Gasteiger charge is 2.38. The quantitative estimate of drug-likeness (QED) is 0.773. The summed E-state index contributed by atoms with van der Waals surface area (Å²) in [6.07, 6.45) is 9.78. The number of carbonyl (C=O) groups is 1. The molecule has 1 unspecified atom stereocenters. The first kappa shape index (κ1) is 15.8. The highest BCUT2D eigenvalue weighted by molar-refractivity contribution is 5.82. The second-order valence-electron chi connectivity index (χ2n) is 7.62. The molecule has 20 heavy (non-hydrogen) atoms. The van der Waals surface area contributed by atoms with E-state index in [1.54, 1.807) is 0 Å². The molecule has 1 saturated heterocycles. The van der Waals surface area contributed by atoms with Crippen LogP contribution in [0.3, 0.4) is 0 Å². The van der Waals surface area contributed by atoms with Crippen molar-refractivity contribution >= 4 is 5.91 Å². The maximum absolute atomic E-state index is 12.9. The van der Waals surface area contributed by atoms with E-state index < -0.39 is 0 Å². The Balaban J connectivity index is 2.05. The average Bonchev–Trinajstić information content (AvgIpc) is 2.46. The lowest BCUT2D eigenvalue weighted by atomic mass is 9.91. The third-order valence-electron chi connectivity index (χ3n) is 5.12. The normalized spacial score (nSPS) is 26.5. The Bertz CT molecular complexity index is 328. The summed E-state index contributed by atoms with van der Waals surface area (Å²) in [7, 11) is 2.04. The van der Waals surface area contributed by atoms with Crippen molar-refractivity contribution in [1.82, 2.24) is 9.80 Å². The van der Waals surface area contributed by atoms with Crippen molar-refractivity contribution in [2.45, 2.75) is 89.8 Å². The topological polar surface area (TPSA) is 23.6 Å². The van der Waals surface area contributed by atoms with Gasteiger partial charge < -0.3 is 4.90 Å². The number of likely N-dealkylation sites (N-methyl/N-ethyl adjacent to an activating group) is 1. The molecular formula is C17H32N2O. The number of hydrogen-bond donors (Lipinski definition) is 0. The molecule has 116 valence electrons. The molecule has 3 nitrogen and oxygen atoms in total. The lowest BCUT2D eigenvalue weighted by Gasteiger charge is -2.46. The molecule has 3 heteroatoms. The van der Waals surface area contributed by atoms with Gasteiger partial charge in [0.05, 0.1) is 6.04 Å². The SMILES string of the molecule is CN(C(=O)C1CCCCN1C(C)(C)C)C1CCCCC1. The van der Waals surface area contributed by atoms with E-state index in [1.165, 1.54) is 44.9 Å². The lowest BCUT2D eigenvalue weighted by molar-refractivity contribution is -0.142. The molecule has 1 saturated carbocycles. The monoisotopic (exact) mass is 280 g/mol. The van der Waals surface area contributed by atoms with Gasteiger partial charge in [0.2, 0.25) is 5.91 Å². The van der Waals surface area contributed by atoms with Crippen LogP contribution in [0.15, 0.2) is 0 Å². The molecule has 0 radical (unpaired) electrons. The number of nitrogens with zero attached hydrogens (tertiary/aromatic N) is 2. The van der Waals surface area contributed by atoms with Crippen LogP contribution in [-0.4, -0.2) is 46.9 Å². The molecule has 0 spiro atoms. The molecule has 1 amide bonds. The van der Waals surface area contributed by atoms with Crippen molar-refractivity contribution in [1.29, 1.82) is 0 Å². The molecular weight excluding hydrogens is 248 g/mol. The first-order chi connectivity index (χ1) is 9.41. The highest BCUT2D eigenvalue weighted by atomic mass is 16.2. The van der Waals surface area contributed by atoms with Crippen LogP contribution in [0.4, 0.5) is 0 Å². The first-order valence-corrected chi connectivity index (χ1v) is 8.44. The van der Waals surface area contributed by atoms with E-state index in [2.05, 4.69) is 30.6 Å².